The van der Waals surface area contributed by atoms with Crippen LogP contribution in [0.25, 0.3) is 0 Å². The number of nitrogens with zero attached hydrogens (tertiary/aromatic N) is 2. The van der Waals surface area contributed by atoms with E-state index in [-0.39, 0.29) is 12.2 Å². The van der Waals surface area contributed by atoms with Gasteiger partial charge < -0.3 is 19.7 Å². The number of aryl methyl sites for hydroxylation is 1. The fourth-order valence-corrected chi connectivity index (χ4v) is 3.39. The van der Waals surface area contributed by atoms with Gasteiger partial charge in [-0.05, 0) is 31.7 Å². The average molecular weight is 331 g/mol. The van der Waals surface area contributed by atoms with E-state index >= 15 is 0 Å². The fourth-order valence-electron chi connectivity index (χ4n) is 3.39. The van der Waals surface area contributed by atoms with Gasteiger partial charge in [-0.2, -0.15) is 0 Å². The summed E-state index contributed by atoms with van der Waals surface area (Å²) in [4.78, 5) is 6.75. The minimum absolute atomic E-state index is 0.164. The summed E-state index contributed by atoms with van der Waals surface area (Å²) in [6, 6.07) is 8.72. The van der Waals surface area contributed by atoms with E-state index in [0.29, 0.717) is 0 Å². The van der Waals surface area contributed by atoms with Gasteiger partial charge in [0.25, 0.3) is 0 Å². The highest BCUT2D eigenvalue weighted by Gasteiger charge is 2.32. The van der Waals surface area contributed by atoms with Gasteiger partial charge in [0.15, 0.2) is 5.96 Å². The average Bonchev–Trinajstić information content (AvgIpc) is 3.15. The minimum atomic E-state index is 0.164. The zero-order valence-electron chi connectivity index (χ0n) is 14.8. The van der Waals surface area contributed by atoms with E-state index in [1.807, 2.05) is 7.05 Å². The molecular formula is C19H29N3O2. The van der Waals surface area contributed by atoms with E-state index < -0.39 is 0 Å². The zero-order valence-corrected chi connectivity index (χ0v) is 14.8. The van der Waals surface area contributed by atoms with E-state index in [9.17, 15) is 0 Å². The third-order valence-electron chi connectivity index (χ3n) is 4.80. The first-order chi connectivity index (χ1) is 11.8. The van der Waals surface area contributed by atoms with Crippen LogP contribution in [0.1, 0.15) is 24.0 Å². The Morgan fingerprint density at radius 2 is 2.00 bits per heavy atom. The Labute approximate surface area is 145 Å². The van der Waals surface area contributed by atoms with E-state index in [1.54, 1.807) is 0 Å². The molecule has 2 aliphatic rings. The lowest BCUT2D eigenvalue weighted by molar-refractivity contribution is -0.0816. The summed E-state index contributed by atoms with van der Waals surface area (Å²) in [5.74, 6) is 0.966. The summed E-state index contributed by atoms with van der Waals surface area (Å²) in [5.41, 5.74) is 2.65. The summed E-state index contributed by atoms with van der Waals surface area (Å²) in [6.45, 7) is 6.35. The summed E-state index contributed by atoms with van der Waals surface area (Å²) in [6.07, 6.45) is 3.67. The van der Waals surface area contributed by atoms with E-state index in [0.717, 1.165) is 58.1 Å². The van der Waals surface area contributed by atoms with Crippen molar-refractivity contribution < 1.29 is 9.47 Å². The monoisotopic (exact) mass is 331 g/mol. The first-order valence-corrected chi connectivity index (χ1v) is 9.00. The molecule has 2 unspecified atom stereocenters. The van der Waals surface area contributed by atoms with Gasteiger partial charge in [-0.1, -0.05) is 29.8 Å². The Kier molecular flexibility index (Phi) is 6.10. The molecule has 0 spiro atoms. The molecule has 24 heavy (non-hydrogen) atoms. The quantitative estimate of drug-likeness (QED) is 0.677. The van der Waals surface area contributed by atoms with E-state index in [2.05, 4.69) is 46.4 Å². The molecular weight excluding hydrogens is 302 g/mol. The number of rotatable bonds is 4. The maximum absolute atomic E-state index is 5.92. The molecule has 1 N–H and O–H groups in total. The van der Waals surface area contributed by atoms with Crippen molar-refractivity contribution >= 4 is 5.96 Å². The highest BCUT2D eigenvalue weighted by molar-refractivity contribution is 5.80. The van der Waals surface area contributed by atoms with Gasteiger partial charge in [0.2, 0.25) is 0 Å². The standard InChI is InChI=1S/C19H29N3O2/c1-15-5-7-16(8-6-15)9-10-21-19(20-2)22-11-13-24-18(14-22)17-4-3-12-23-17/h5-8,17-18H,3-4,9-14H2,1-2H3,(H,20,21). The lowest BCUT2D eigenvalue weighted by atomic mass is 10.1. The molecule has 132 valence electrons. The van der Waals surface area contributed by atoms with Crippen molar-refractivity contribution in [2.45, 2.75) is 38.4 Å². The number of hydrogen-bond acceptors (Lipinski definition) is 3. The third kappa shape index (κ3) is 4.48. The molecule has 1 aromatic carbocycles. The lowest BCUT2D eigenvalue weighted by Crippen LogP contribution is -2.53. The van der Waals surface area contributed by atoms with Crippen LogP contribution in [0.15, 0.2) is 29.3 Å². The van der Waals surface area contributed by atoms with Crippen LogP contribution in [0, 0.1) is 6.92 Å². The van der Waals surface area contributed by atoms with E-state index in [1.165, 1.54) is 11.1 Å². The second-order valence-electron chi connectivity index (χ2n) is 6.62. The van der Waals surface area contributed by atoms with Crippen LogP contribution >= 0.6 is 0 Å². The Balaban J connectivity index is 1.49. The number of nitrogens with one attached hydrogen (secondary N) is 1. The Morgan fingerprint density at radius 3 is 2.71 bits per heavy atom. The molecule has 2 fully saturated rings. The van der Waals surface area contributed by atoms with Gasteiger partial charge in [0.1, 0.15) is 6.10 Å². The Morgan fingerprint density at radius 1 is 1.21 bits per heavy atom. The topological polar surface area (TPSA) is 46.1 Å². The molecule has 0 radical (unpaired) electrons. The van der Waals surface area contributed by atoms with Crippen molar-refractivity contribution in [2.24, 2.45) is 4.99 Å². The summed E-state index contributed by atoms with van der Waals surface area (Å²) in [5, 5.41) is 3.49. The smallest absolute Gasteiger partial charge is 0.193 e. The molecule has 2 aliphatic heterocycles. The van der Waals surface area contributed by atoms with Crippen LogP contribution in [-0.4, -0.2) is 63.0 Å². The van der Waals surface area contributed by atoms with Crippen molar-refractivity contribution in [3.8, 4) is 0 Å². The molecule has 1 aromatic rings. The second kappa shape index (κ2) is 8.49. The fraction of sp³-hybridized carbons (Fsp3) is 0.632. The van der Waals surface area contributed by atoms with Crippen molar-refractivity contribution in [3.63, 3.8) is 0 Å². The maximum atomic E-state index is 5.92. The predicted molar refractivity (Wildman–Crippen MR) is 96.5 cm³/mol. The molecule has 0 aliphatic carbocycles. The van der Waals surface area contributed by atoms with Gasteiger partial charge in [0.05, 0.1) is 12.7 Å². The predicted octanol–water partition coefficient (Wildman–Crippen LogP) is 1.99. The van der Waals surface area contributed by atoms with Gasteiger partial charge >= 0.3 is 0 Å². The number of hydrogen-bond donors (Lipinski definition) is 1. The van der Waals surface area contributed by atoms with Crippen molar-refractivity contribution in [3.05, 3.63) is 35.4 Å². The summed E-state index contributed by atoms with van der Waals surface area (Å²) < 4.78 is 11.7. The normalized spacial score (nSPS) is 25.1. The van der Waals surface area contributed by atoms with Crippen LogP contribution in [-0.2, 0) is 15.9 Å². The molecule has 0 saturated carbocycles. The SMILES string of the molecule is CN=C(NCCc1ccc(C)cc1)N1CCOC(C2CCCO2)C1. The highest BCUT2D eigenvalue weighted by Crippen LogP contribution is 2.21. The zero-order chi connectivity index (χ0) is 16.8. The highest BCUT2D eigenvalue weighted by atomic mass is 16.5. The number of aliphatic imine (C=N–C) groups is 1. The first-order valence-electron chi connectivity index (χ1n) is 9.00. The van der Waals surface area contributed by atoms with Gasteiger partial charge in [-0.25, -0.2) is 0 Å². The van der Waals surface area contributed by atoms with Crippen LogP contribution in [0.2, 0.25) is 0 Å². The first kappa shape index (κ1) is 17.2. The number of ether oxygens (including phenoxy) is 2. The number of benzene rings is 1. The lowest BCUT2D eigenvalue weighted by Gasteiger charge is -2.37. The minimum Gasteiger partial charge on any atom is -0.375 e. The molecule has 0 bridgehead atoms. The van der Waals surface area contributed by atoms with Crippen molar-refractivity contribution in [1.82, 2.24) is 10.2 Å². The van der Waals surface area contributed by atoms with Crippen molar-refractivity contribution in [1.29, 1.82) is 0 Å². The van der Waals surface area contributed by atoms with Gasteiger partial charge in [-0.3, -0.25) is 4.99 Å². The summed E-state index contributed by atoms with van der Waals surface area (Å²) in [7, 11) is 1.85. The van der Waals surface area contributed by atoms with Crippen molar-refractivity contribution in [2.75, 3.05) is 39.9 Å². The number of morpholine rings is 1. The maximum Gasteiger partial charge on any atom is 0.193 e. The Hall–Kier alpha value is -1.59. The molecule has 5 nitrogen and oxygen atoms in total. The summed E-state index contributed by atoms with van der Waals surface area (Å²) >= 11 is 0. The van der Waals surface area contributed by atoms with Gasteiger partial charge in [0, 0.05) is 33.3 Å². The molecule has 3 rings (SSSR count). The second-order valence-corrected chi connectivity index (χ2v) is 6.62. The van der Waals surface area contributed by atoms with E-state index in [4.69, 9.17) is 9.47 Å². The molecule has 0 aromatic heterocycles. The number of guanidine groups is 1. The van der Waals surface area contributed by atoms with Crippen LogP contribution in [0.4, 0.5) is 0 Å². The molecule has 0 amide bonds. The van der Waals surface area contributed by atoms with Crippen LogP contribution in [0.5, 0.6) is 0 Å². The van der Waals surface area contributed by atoms with Gasteiger partial charge in [-0.15, -0.1) is 0 Å². The Bertz CT molecular complexity index is 538. The molecule has 2 heterocycles. The van der Waals surface area contributed by atoms with Crippen LogP contribution < -0.4 is 5.32 Å². The van der Waals surface area contributed by atoms with Crippen LogP contribution in [0.3, 0.4) is 0 Å². The molecule has 5 heteroatoms. The largest absolute Gasteiger partial charge is 0.375 e. The molecule has 2 saturated heterocycles. The molecule has 2 atom stereocenters. The third-order valence-corrected chi connectivity index (χ3v) is 4.80.